The van der Waals surface area contributed by atoms with Gasteiger partial charge in [0.25, 0.3) is 0 Å². The molecule has 164 valence electrons. The van der Waals surface area contributed by atoms with Crippen molar-refractivity contribution in [2.24, 2.45) is 0 Å². The van der Waals surface area contributed by atoms with Crippen molar-refractivity contribution in [3.8, 4) is 17.1 Å². The van der Waals surface area contributed by atoms with E-state index in [1.807, 2.05) is 0 Å². The largest absolute Gasteiger partial charge is 0.417 e. The summed E-state index contributed by atoms with van der Waals surface area (Å²) in [6.45, 7) is 0. The lowest BCUT2D eigenvalue weighted by Gasteiger charge is -2.14. The van der Waals surface area contributed by atoms with Crippen LogP contribution in [-0.2, 0) is 6.18 Å². The quantitative estimate of drug-likeness (QED) is 0.242. The highest BCUT2D eigenvalue weighted by atomic mass is 35.5. The number of Topliss-reactive ketones (excluding diaryl/α,β-unsaturated/α-hetero) is 1. The van der Waals surface area contributed by atoms with E-state index in [1.165, 1.54) is 16.7 Å². The Labute approximate surface area is 194 Å². The highest BCUT2D eigenvalue weighted by Crippen LogP contribution is 2.37. The van der Waals surface area contributed by atoms with Crippen molar-refractivity contribution in [2.45, 2.75) is 11.3 Å². The fraction of sp³-hybridized carbons (Fsp3) is 0.0952. The molecular formula is C21H13Cl2F3N4OS. The summed E-state index contributed by atoms with van der Waals surface area (Å²) in [7, 11) is 0. The summed E-state index contributed by atoms with van der Waals surface area (Å²) in [5, 5.41) is 8.54. The second kappa shape index (κ2) is 9.01. The molecule has 11 heteroatoms. The van der Waals surface area contributed by atoms with Gasteiger partial charge in [0.1, 0.15) is 0 Å². The van der Waals surface area contributed by atoms with E-state index in [-0.39, 0.29) is 28.2 Å². The first-order valence-corrected chi connectivity index (χ1v) is 10.9. The number of ketones is 1. The molecule has 0 fully saturated rings. The molecule has 0 saturated carbocycles. The number of hydrogen-bond donors (Lipinski definition) is 1. The third kappa shape index (κ3) is 4.69. The summed E-state index contributed by atoms with van der Waals surface area (Å²) in [6.07, 6.45) is -3.02. The van der Waals surface area contributed by atoms with Crippen LogP contribution in [0.2, 0.25) is 10.0 Å². The molecule has 0 radical (unpaired) electrons. The van der Waals surface area contributed by atoms with Crippen LogP contribution in [0.1, 0.15) is 16.1 Å². The van der Waals surface area contributed by atoms with Gasteiger partial charge in [0.15, 0.2) is 16.8 Å². The summed E-state index contributed by atoms with van der Waals surface area (Å²) in [4.78, 5) is 15.2. The Morgan fingerprint density at radius 2 is 1.88 bits per heavy atom. The minimum absolute atomic E-state index is 0.00785. The van der Waals surface area contributed by atoms with Crippen molar-refractivity contribution >= 4 is 40.7 Å². The van der Waals surface area contributed by atoms with E-state index in [0.29, 0.717) is 16.3 Å². The summed E-state index contributed by atoms with van der Waals surface area (Å²) >= 11 is 12.9. The van der Waals surface area contributed by atoms with Gasteiger partial charge in [-0.1, -0.05) is 47.1 Å². The van der Waals surface area contributed by atoms with Crippen molar-refractivity contribution in [2.75, 3.05) is 5.75 Å². The van der Waals surface area contributed by atoms with Gasteiger partial charge in [-0.3, -0.25) is 9.36 Å². The molecule has 32 heavy (non-hydrogen) atoms. The Morgan fingerprint density at radius 1 is 1.06 bits per heavy atom. The van der Waals surface area contributed by atoms with E-state index in [2.05, 4.69) is 15.2 Å². The first-order chi connectivity index (χ1) is 15.2. The number of carbonyl (C=O) groups excluding carboxylic acids is 1. The summed E-state index contributed by atoms with van der Waals surface area (Å²) < 4.78 is 41.8. The molecule has 4 aromatic rings. The van der Waals surface area contributed by atoms with E-state index in [0.717, 1.165) is 17.8 Å². The number of aromatic nitrogens is 4. The number of halogens is 5. The molecule has 0 spiro atoms. The van der Waals surface area contributed by atoms with E-state index >= 15 is 0 Å². The van der Waals surface area contributed by atoms with Crippen molar-refractivity contribution in [1.82, 2.24) is 19.7 Å². The maximum absolute atomic E-state index is 13.5. The first kappa shape index (κ1) is 22.4. The fourth-order valence-electron chi connectivity index (χ4n) is 2.99. The van der Waals surface area contributed by atoms with Gasteiger partial charge in [-0.05, 0) is 42.5 Å². The van der Waals surface area contributed by atoms with Crippen molar-refractivity contribution in [1.29, 1.82) is 0 Å². The van der Waals surface area contributed by atoms with Crippen LogP contribution >= 0.6 is 35.0 Å². The lowest BCUT2D eigenvalue weighted by atomic mass is 10.1. The number of rotatable bonds is 6. The number of H-pyrrole nitrogens is 1. The number of nitrogens with zero attached hydrogens (tertiary/aromatic N) is 3. The highest BCUT2D eigenvalue weighted by molar-refractivity contribution is 7.99. The zero-order chi connectivity index (χ0) is 22.9. The first-order valence-electron chi connectivity index (χ1n) is 9.12. The molecule has 0 aliphatic carbocycles. The van der Waals surface area contributed by atoms with E-state index < -0.39 is 16.8 Å². The topological polar surface area (TPSA) is 63.6 Å². The van der Waals surface area contributed by atoms with E-state index in [1.54, 1.807) is 42.6 Å². The molecule has 0 atom stereocenters. The molecule has 0 amide bonds. The fourth-order valence-corrected chi connectivity index (χ4v) is 4.24. The van der Waals surface area contributed by atoms with Gasteiger partial charge in [0.2, 0.25) is 0 Å². The SMILES string of the molecule is O=C(CSc1nnc(-c2cccc(Cl)c2)n1-c1ccc(Cl)c(C(F)(F)F)c1)c1ccc[nH]1. The Hall–Kier alpha value is -2.75. The summed E-state index contributed by atoms with van der Waals surface area (Å²) in [5.74, 6) is 0.0946. The van der Waals surface area contributed by atoms with E-state index in [4.69, 9.17) is 23.2 Å². The van der Waals surface area contributed by atoms with Gasteiger partial charge in [-0.15, -0.1) is 10.2 Å². The molecule has 0 saturated heterocycles. The van der Waals surface area contributed by atoms with Gasteiger partial charge in [0, 0.05) is 16.8 Å². The zero-order valence-electron chi connectivity index (χ0n) is 16.0. The summed E-state index contributed by atoms with van der Waals surface area (Å²) in [6, 6.07) is 13.6. The predicted molar refractivity (Wildman–Crippen MR) is 118 cm³/mol. The molecule has 1 N–H and O–H groups in total. The molecular weight excluding hydrogens is 484 g/mol. The molecule has 5 nitrogen and oxygen atoms in total. The highest BCUT2D eigenvalue weighted by Gasteiger charge is 2.34. The van der Waals surface area contributed by atoms with Crippen LogP contribution in [0.15, 0.2) is 66.0 Å². The molecule has 4 rings (SSSR count). The maximum atomic E-state index is 13.5. The molecule has 0 aliphatic rings. The lowest BCUT2D eigenvalue weighted by Crippen LogP contribution is -2.09. The van der Waals surface area contributed by atoms with Crippen LogP contribution in [0.4, 0.5) is 13.2 Å². The smallest absolute Gasteiger partial charge is 0.359 e. The Balaban J connectivity index is 1.79. The average molecular weight is 497 g/mol. The number of carbonyl (C=O) groups is 1. The molecule has 0 bridgehead atoms. The molecule has 2 heterocycles. The molecule has 2 aromatic heterocycles. The Morgan fingerprint density at radius 3 is 2.56 bits per heavy atom. The number of hydrogen-bond acceptors (Lipinski definition) is 4. The second-order valence-electron chi connectivity index (χ2n) is 6.61. The Bertz CT molecular complexity index is 1270. The van der Waals surface area contributed by atoms with Gasteiger partial charge >= 0.3 is 6.18 Å². The van der Waals surface area contributed by atoms with Crippen molar-refractivity contribution in [3.05, 3.63) is 82.1 Å². The van der Waals surface area contributed by atoms with Crippen molar-refractivity contribution < 1.29 is 18.0 Å². The van der Waals surface area contributed by atoms with Gasteiger partial charge in [-0.25, -0.2) is 0 Å². The second-order valence-corrected chi connectivity index (χ2v) is 8.40. The number of benzene rings is 2. The van der Waals surface area contributed by atoms with Crippen LogP contribution in [0.25, 0.3) is 17.1 Å². The minimum Gasteiger partial charge on any atom is -0.359 e. The van der Waals surface area contributed by atoms with Crippen LogP contribution in [0.5, 0.6) is 0 Å². The monoisotopic (exact) mass is 496 g/mol. The predicted octanol–water partition coefficient (Wildman–Crippen LogP) is 6.56. The Kier molecular flexibility index (Phi) is 6.32. The summed E-state index contributed by atoms with van der Waals surface area (Å²) in [5.41, 5.74) is 0.137. The van der Waals surface area contributed by atoms with Crippen LogP contribution in [-0.4, -0.2) is 31.3 Å². The van der Waals surface area contributed by atoms with Crippen LogP contribution < -0.4 is 0 Å². The third-order valence-corrected chi connectivity index (χ3v) is 5.95. The number of thioether (sulfide) groups is 1. The third-order valence-electron chi connectivity index (χ3n) is 4.46. The number of nitrogens with one attached hydrogen (secondary N) is 1. The standard InChI is InChI=1S/C21H13Cl2F3N4OS/c22-13-4-1-3-12(9-13)19-28-29-20(32-11-18(31)17-5-2-8-27-17)30(19)14-6-7-16(23)15(10-14)21(24,25)26/h1-10,27H,11H2. The van der Waals surface area contributed by atoms with Gasteiger partial charge in [-0.2, -0.15) is 13.2 Å². The zero-order valence-corrected chi connectivity index (χ0v) is 18.4. The van der Waals surface area contributed by atoms with Crippen LogP contribution in [0, 0.1) is 0 Å². The molecule has 0 aliphatic heterocycles. The normalized spacial score (nSPS) is 11.7. The number of aromatic amines is 1. The lowest BCUT2D eigenvalue weighted by molar-refractivity contribution is -0.137. The number of alkyl halides is 3. The minimum atomic E-state index is -4.64. The van der Waals surface area contributed by atoms with Gasteiger partial charge < -0.3 is 4.98 Å². The van der Waals surface area contributed by atoms with Crippen LogP contribution in [0.3, 0.4) is 0 Å². The molecule has 0 unspecified atom stereocenters. The molecule has 2 aromatic carbocycles. The average Bonchev–Trinajstić information content (AvgIpc) is 3.42. The van der Waals surface area contributed by atoms with E-state index in [9.17, 15) is 18.0 Å². The maximum Gasteiger partial charge on any atom is 0.417 e. The van der Waals surface area contributed by atoms with Crippen molar-refractivity contribution in [3.63, 3.8) is 0 Å². The van der Waals surface area contributed by atoms with Gasteiger partial charge in [0.05, 0.1) is 27.7 Å².